The van der Waals surface area contributed by atoms with Crippen LogP contribution < -0.4 is 4.74 Å². The van der Waals surface area contributed by atoms with Crippen LogP contribution in [0.3, 0.4) is 0 Å². The second-order valence-electron chi connectivity index (χ2n) is 8.13. The second-order valence-corrected chi connectivity index (χ2v) is 8.13. The maximum absolute atomic E-state index is 6.65. The van der Waals surface area contributed by atoms with Crippen molar-refractivity contribution >= 4 is 0 Å². The lowest BCUT2D eigenvalue weighted by atomic mass is 9.74. The van der Waals surface area contributed by atoms with Crippen LogP contribution in [-0.4, -0.2) is 11.7 Å². The minimum absolute atomic E-state index is 0.160. The van der Waals surface area contributed by atoms with Crippen LogP contribution >= 0.6 is 0 Å². The van der Waals surface area contributed by atoms with Crippen molar-refractivity contribution in [3.8, 4) is 5.75 Å². The molecule has 4 rings (SSSR count). The molecule has 0 aromatic heterocycles. The molecule has 2 aromatic rings. The molecule has 2 aromatic carbocycles. The SMILES string of the molecule is Cc1ccc2c(c1)[C@H]1O[C@@H](CCc3ccccc3)CC[C@@H]1C(C)(C)O2. The highest BCUT2D eigenvalue weighted by Gasteiger charge is 2.47. The average Bonchev–Trinajstić information content (AvgIpc) is 2.61. The van der Waals surface area contributed by atoms with Gasteiger partial charge in [-0.2, -0.15) is 0 Å². The number of ether oxygens (including phenoxy) is 2. The summed E-state index contributed by atoms with van der Waals surface area (Å²) in [4.78, 5) is 0. The largest absolute Gasteiger partial charge is 0.487 e. The van der Waals surface area contributed by atoms with Crippen LogP contribution in [-0.2, 0) is 11.2 Å². The molecule has 132 valence electrons. The molecule has 0 saturated carbocycles. The predicted octanol–water partition coefficient (Wildman–Crippen LogP) is 5.64. The summed E-state index contributed by atoms with van der Waals surface area (Å²) >= 11 is 0. The maximum Gasteiger partial charge on any atom is 0.125 e. The van der Waals surface area contributed by atoms with Gasteiger partial charge in [0.2, 0.25) is 0 Å². The van der Waals surface area contributed by atoms with Crippen molar-refractivity contribution in [2.45, 2.75) is 64.3 Å². The smallest absolute Gasteiger partial charge is 0.125 e. The maximum atomic E-state index is 6.65. The van der Waals surface area contributed by atoms with Crippen molar-refractivity contribution < 1.29 is 9.47 Å². The number of rotatable bonds is 3. The Morgan fingerprint density at radius 2 is 1.84 bits per heavy atom. The van der Waals surface area contributed by atoms with Crippen LogP contribution in [0.4, 0.5) is 0 Å². The van der Waals surface area contributed by atoms with Gasteiger partial charge in [0.25, 0.3) is 0 Å². The lowest BCUT2D eigenvalue weighted by Gasteiger charge is -2.49. The number of hydrogen-bond acceptors (Lipinski definition) is 2. The molecule has 0 aliphatic carbocycles. The molecule has 0 unspecified atom stereocenters. The van der Waals surface area contributed by atoms with E-state index in [1.165, 1.54) is 23.1 Å². The van der Waals surface area contributed by atoms with Crippen molar-refractivity contribution in [3.63, 3.8) is 0 Å². The number of fused-ring (bicyclic) bond motifs is 3. The third-order valence-corrected chi connectivity index (χ3v) is 5.84. The first kappa shape index (κ1) is 16.7. The third-order valence-electron chi connectivity index (χ3n) is 5.84. The molecule has 2 heteroatoms. The number of aryl methyl sites for hydroxylation is 2. The monoisotopic (exact) mass is 336 g/mol. The highest BCUT2D eigenvalue weighted by molar-refractivity contribution is 5.41. The second kappa shape index (κ2) is 6.49. The van der Waals surface area contributed by atoms with Gasteiger partial charge in [0.05, 0.1) is 12.2 Å². The first-order valence-corrected chi connectivity index (χ1v) is 9.52. The van der Waals surface area contributed by atoms with Gasteiger partial charge in [-0.1, -0.05) is 42.0 Å². The Labute approximate surface area is 151 Å². The van der Waals surface area contributed by atoms with E-state index in [0.29, 0.717) is 12.0 Å². The van der Waals surface area contributed by atoms with E-state index in [9.17, 15) is 0 Å². The summed E-state index contributed by atoms with van der Waals surface area (Å²) in [7, 11) is 0. The molecule has 2 aliphatic rings. The molecular weight excluding hydrogens is 308 g/mol. The van der Waals surface area contributed by atoms with Crippen LogP contribution in [0.25, 0.3) is 0 Å². The molecular formula is C23H28O2. The zero-order chi connectivity index (χ0) is 17.4. The molecule has 0 radical (unpaired) electrons. The van der Waals surface area contributed by atoms with E-state index >= 15 is 0 Å². The van der Waals surface area contributed by atoms with Gasteiger partial charge in [-0.3, -0.25) is 0 Å². The minimum Gasteiger partial charge on any atom is -0.487 e. The fourth-order valence-corrected chi connectivity index (χ4v) is 4.42. The molecule has 25 heavy (non-hydrogen) atoms. The Morgan fingerprint density at radius 1 is 1.04 bits per heavy atom. The molecule has 0 spiro atoms. The summed E-state index contributed by atoms with van der Waals surface area (Å²) in [5, 5.41) is 0. The molecule has 0 bridgehead atoms. The Morgan fingerprint density at radius 3 is 2.64 bits per heavy atom. The van der Waals surface area contributed by atoms with Gasteiger partial charge in [-0.25, -0.2) is 0 Å². The van der Waals surface area contributed by atoms with Crippen molar-refractivity contribution in [1.82, 2.24) is 0 Å². The standard InChI is InChI=1S/C23H28O2/c1-16-9-14-21-19(15-16)22-20(23(2,3)25-21)13-12-18(24-22)11-10-17-7-5-4-6-8-17/h4-9,14-15,18,20,22H,10-13H2,1-3H3/t18-,20-,22+/m0/s1. The quantitative estimate of drug-likeness (QED) is 0.722. The summed E-state index contributed by atoms with van der Waals surface area (Å²) in [6, 6.07) is 17.2. The van der Waals surface area contributed by atoms with E-state index in [-0.39, 0.29) is 11.7 Å². The van der Waals surface area contributed by atoms with Crippen molar-refractivity contribution in [2.24, 2.45) is 5.92 Å². The zero-order valence-corrected chi connectivity index (χ0v) is 15.5. The molecule has 1 saturated heterocycles. The Kier molecular flexibility index (Phi) is 4.33. The summed E-state index contributed by atoms with van der Waals surface area (Å²) in [5.74, 6) is 1.43. The van der Waals surface area contributed by atoms with E-state index in [1.54, 1.807) is 0 Å². The predicted molar refractivity (Wildman–Crippen MR) is 101 cm³/mol. The summed E-state index contributed by atoms with van der Waals surface area (Å²) < 4.78 is 13.0. The minimum atomic E-state index is -0.169. The lowest BCUT2D eigenvalue weighted by molar-refractivity contribution is -0.150. The lowest BCUT2D eigenvalue weighted by Crippen LogP contribution is -2.48. The average molecular weight is 336 g/mol. The van der Waals surface area contributed by atoms with Gasteiger partial charge in [0, 0.05) is 11.5 Å². The third kappa shape index (κ3) is 3.32. The molecule has 0 N–H and O–H groups in total. The van der Waals surface area contributed by atoms with Crippen LogP contribution in [0, 0.1) is 12.8 Å². The van der Waals surface area contributed by atoms with E-state index in [1.807, 2.05) is 0 Å². The highest BCUT2D eigenvalue weighted by Crippen LogP contribution is 2.51. The van der Waals surface area contributed by atoms with Gasteiger partial charge in [-0.05, 0) is 64.2 Å². The van der Waals surface area contributed by atoms with Crippen LogP contribution in [0.2, 0.25) is 0 Å². The Hall–Kier alpha value is -1.80. The molecule has 2 aliphatic heterocycles. The number of hydrogen-bond donors (Lipinski definition) is 0. The van der Waals surface area contributed by atoms with E-state index in [4.69, 9.17) is 9.47 Å². The topological polar surface area (TPSA) is 18.5 Å². The number of benzene rings is 2. The zero-order valence-electron chi connectivity index (χ0n) is 15.5. The molecule has 2 nitrogen and oxygen atoms in total. The van der Waals surface area contributed by atoms with E-state index in [0.717, 1.165) is 25.0 Å². The summed E-state index contributed by atoms with van der Waals surface area (Å²) in [5.41, 5.74) is 3.75. The molecule has 0 amide bonds. The Bertz CT molecular complexity index is 735. The van der Waals surface area contributed by atoms with Crippen molar-refractivity contribution in [3.05, 3.63) is 65.2 Å². The molecule has 1 fully saturated rings. The molecule has 2 heterocycles. The van der Waals surface area contributed by atoms with Gasteiger partial charge in [0.15, 0.2) is 0 Å². The fraction of sp³-hybridized carbons (Fsp3) is 0.478. The van der Waals surface area contributed by atoms with Crippen LogP contribution in [0.15, 0.2) is 48.5 Å². The fourth-order valence-electron chi connectivity index (χ4n) is 4.42. The first-order chi connectivity index (χ1) is 12.0. The molecule has 3 atom stereocenters. The Balaban J connectivity index is 1.53. The summed E-state index contributed by atoms with van der Waals surface area (Å²) in [6.45, 7) is 6.56. The van der Waals surface area contributed by atoms with Gasteiger partial charge in [-0.15, -0.1) is 0 Å². The van der Waals surface area contributed by atoms with Crippen LogP contribution in [0.5, 0.6) is 5.75 Å². The normalized spacial score (nSPS) is 27.1. The van der Waals surface area contributed by atoms with E-state index in [2.05, 4.69) is 69.3 Å². The van der Waals surface area contributed by atoms with Crippen LogP contribution in [0.1, 0.15) is 55.9 Å². The van der Waals surface area contributed by atoms with Gasteiger partial charge in [0.1, 0.15) is 11.4 Å². The van der Waals surface area contributed by atoms with E-state index < -0.39 is 0 Å². The van der Waals surface area contributed by atoms with Crippen molar-refractivity contribution in [1.29, 1.82) is 0 Å². The first-order valence-electron chi connectivity index (χ1n) is 9.52. The summed E-state index contributed by atoms with van der Waals surface area (Å²) in [6.07, 6.45) is 4.97. The van der Waals surface area contributed by atoms with Gasteiger partial charge < -0.3 is 9.47 Å². The van der Waals surface area contributed by atoms with Crippen molar-refractivity contribution in [2.75, 3.05) is 0 Å². The van der Waals surface area contributed by atoms with Gasteiger partial charge >= 0.3 is 0 Å². The highest BCUT2D eigenvalue weighted by atomic mass is 16.5.